The smallest absolute Gasteiger partial charge is 0.269 e. The first kappa shape index (κ1) is 13.3. The number of ether oxygens (including phenoxy) is 1. The molecule has 0 radical (unpaired) electrons. The maximum atomic E-state index is 11.8. The van der Waals surface area contributed by atoms with E-state index in [1.165, 1.54) is 0 Å². The highest BCUT2D eigenvalue weighted by atomic mass is 16.5. The van der Waals surface area contributed by atoms with E-state index in [4.69, 9.17) is 4.74 Å². The standard InChI is InChI=1S/C15H18N2O2/c1-9(2)11-8-14(15(18)16-3)17-13-6-5-10(19-4)7-12(11)13/h5-9H,1-4H3,(H,16,18). The van der Waals surface area contributed by atoms with Crippen LogP contribution in [0, 0.1) is 0 Å². The van der Waals surface area contributed by atoms with Crippen molar-refractivity contribution >= 4 is 16.8 Å². The lowest BCUT2D eigenvalue weighted by Gasteiger charge is -2.12. The van der Waals surface area contributed by atoms with Crippen LogP contribution < -0.4 is 10.1 Å². The molecule has 1 heterocycles. The highest BCUT2D eigenvalue weighted by Crippen LogP contribution is 2.28. The Balaban J connectivity index is 2.71. The fourth-order valence-electron chi connectivity index (χ4n) is 2.08. The number of pyridine rings is 1. The SMILES string of the molecule is CNC(=O)c1cc(C(C)C)c2cc(OC)ccc2n1. The Morgan fingerprint density at radius 1 is 1.32 bits per heavy atom. The molecule has 2 rings (SSSR count). The van der Waals surface area contributed by atoms with Crippen molar-refractivity contribution in [2.45, 2.75) is 19.8 Å². The lowest BCUT2D eigenvalue weighted by atomic mass is 9.97. The fraction of sp³-hybridized carbons (Fsp3) is 0.333. The third-order valence-electron chi connectivity index (χ3n) is 3.13. The summed E-state index contributed by atoms with van der Waals surface area (Å²) < 4.78 is 5.25. The van der Waals surface area contributed by atoms with Crippen molar-refractivity contribution in [3.05, 3.63) is 35.5 Å². The van der Waals surface area contributed by atoms with E-state index in [0.29, 0.717) is 11.6 Å². The van der Waals surface area contributed by atoms with Crippen LogP contribution in [0.2, 0.25) is 0 Å². The predicted octanol–water partition coefficient (Wildman–Crippen LogP) is 2.73. The van der Waals surface area contributed by atoms with Gasteiger partial charge in [0.25, 0.3) is 5.91 Å². The van der Waals surface area contributed by atoms with Crippen LogP contribution in [0.3, 0.4) is 0 Å². The van der Waals surface area contributed by atoms with Gasteiger partial charge in [0.1, 0.15) is 11.4 Å². The van der Waals surface area contributed by atoms with Crippen molar-refractivity contribution in [3.8, 4) is 5.75 Å². The molecule has 0 spiro atoms. The predicted molar refractivity (Wildman–Crippen MR) is 75.8 cm³/mol. The molecule has 0 fully saturated rings. The molecule has 1 aromatic carbocycles. The number of aromatic nitrogens is 1. The largest absolute Gasteiger partial charge is 0.497 e. The number of amides is 1. The summed E-state index contributed by atoms with van der Waals surface area (Å²) in [5.74, 6) is 0.935. The Hall–Kier alpha value is -2.10. The first-order chi connectivity index (χ1) is 9.06. The van der Waals surface area contributed by atoms with Crippen molar-refractivity contribution < 1.29 is 9.53 Å². The van der Waals surface area contributed by atoms with E-state index in [0.717, 1.165) is 22.2 Å². The van der Waals surface area contributed by atoms with Gasteiger partial charge in [0.2, 0.25) is 0 Å². The molecule has 0 aliphatic carbocycles. The van der Waals surface area contributed by atoms with Gasteiger partial charge in [-0.1, -0.05) is 13.8 Å². The zero-order valence-electron chi connectivity index (χ0n) is 11.7. The average molecular weight is 258 g/mol. The second kappa shape index (κ2) is 5.26. The zero-order chi connectivity index (χ0) is 14.0. The molecule has 4 heteroatoms. The van der Waals surface area contributed by atoms with Gasteiger partial charge in [0, 0.05) is 12.4 Å². The van der Waals surface area contributed by atoms with Gasteiger partial charge in [-0.2, -0.15) is 0 Å². The molecule has 0 unspecified atom stereocenters. The Bertz CT molecular complexity index is 621. The van der Waals surface area contributed by atoms with E-state index in [9.17, 15) is 4.79 Å². The Morgan fingerprint density at radius 2 is 2.05 bits per heavy atom. The minimum Gasteiger partial charge on any atom is -0.497 e. The number of methoxy groups -OCH3 is 1. The van der Waals surface area contributed by atoms with Gasteiger partial charge in [-0.05, 0) is 35.7 Å². The highest BCUT2D eigenvalue weighted by Gasteiger charge is 2.13. The Labute approximate surface area is 112 Å². The minimum atomic E-state index is -0.167. The molecule has 4 nitrogen and oxygen atoms in total. The summed E-state index contributed by atoms with van der Waals surface area (Å²) in [6.07, 6.45) is 0. The second-order valence-corrected chi connectivity index (χ2v) is 4.71. The van der Waals surface area contributed by atoms with Crippen molar-refractivity contribution in [3.63, 3.8) is 0 Å². The normalized spacial score (nSPS) is 10.8. The second-order valence-electron chi connectivity index (χ2n) is 4.71. The van der Waals surface area contributed by atoms with Gasteiger partial charge < -0.3 is 10.1 Å². The van der Waals surface area contributed by atoms with Gasteiger partial charge in [-0.25, -0.2) is 4.98 Å². The minimum absolute atomic E-state index is 0.167. The summed E-state index contributed by atoms with van der Waals surface area (Å²) >= 11 is 0. The maximum absolute atomic E-state index is 11.8. The number of nitrogens with one attached hydrogen (secondary N) is 1. The van der Waals surface area contributed by atoms with Crippen LogP contribution in [0.4, 0.5) is 0 Å². The van der Waals surface area contributed by atoms with Crippen LogP contribution in [0.15, 0.2) is 24.3 Å². The number of benzene rings is 1. The van der Waals surface area contributed by atoms with Crippen molar-refractivity contribution in [1.82, 2.24) is 10.3 Å². The van der Waals surface area contributed by atoms with E-state index in [1.807, 2.05) is 24.3 Å². The Morgan fingerprint density at radius 3 is 2.63 bits per heavy atom. The molecular formula is C15H18N2O2. The summed E-state index contributed by atoms with van der Waals surface area (Å²) in [4.78, 5) is 16.2. The molecule has 1 N–H and O–H groups in total. The zero-order valence-corrected chi connectivity index (χ0v) is 11.7. The molecule has 0 aliphatic heterocycles. The number of fused-ring (bicyclic) bond motifs is 1. The monoisotopic (exact) mass is 258 g/mol. The molecule has 0 saturated heterocycles. The summed E-state index contributed by atoms with van der Waals surface area (Å²) in [7, 11) is 3.25. The highest BCUT2D eigenvalue weighted by molar-refractivity contribution is 5.96. The lowest BCUT2D eigenvalue weighted by molar-refractivity contribution is 0.0958. The van der Waals surface area contributed by atoms with E-state index in [2.05, 4.69) is 24.1 Å². The van der Waals surface area contributed by atoms with Gasteiger partial charge in [-0.15, -0.1) is 0 Å². The van der Waals surface area contributed by atoms with Crippen LogP contribution in [0.5, 0.6) is 5.75 Å². The first-order valence-electron chi connectivity index (χ1n) is 6.27. The van der Waals surface area contributed by atoms with E-state index >= 15 is 0 Å². The topological polar surface area (TPSA) is 51.2 Å². The number of carbonyl (C=O) groups excluding carboxylic acids is 1. The van der Waals surface area contributed by atoms with Gasteiger partial charge in [0.05, 0.1) is 12.6 Å². The molecule has 0 atom stereocenters. The number of carbonyl (C=O) groups is 1. The van der Waals surface area contributed by atoms with E-state index < -0.39 is 0 Å². The molecule has 2 aromatic rings. The van der Waals surface area contributed by atoms with Crippen LogP contribution >= 0.6 is 0 Å². The number of hydrogen-bond acceptors (Lipinski definition) is 3. The third kappa shape index (κ3) is 2.52. The van der Waals surface area contributed by atoms with Gasteiger partial charge >= 0.3 is 0 Å². The summed E-state index contributed by atoms with van der Waals surface area (Å²) in [5, 5.41) is 3.64. The lowest BCUT2D eigenvalue weighted by Crippen LogP contribution is -2.19. The fourth-order valence-corrected chi connectivity index (χ4v) is 2.08. The molecule has 0 bridgehead atoms. The van der Waals surface area contributed by atoms with Crippen molar-refractivity contribution in [2.75, 3.05) is 14.2 Å². The summed E-state index contributed by atoms with van der Waals surface area (Å²) in [5.41, 5.74) is 2.36. The first-order valence-corrected chi connectivity index (χ1v) is 6.27. The Kier molecular flexibility index (Phi) is 3.69. The average Bonchev–Trinajstić information content (AvgIpc) is 2.44. The maximum Gasteiger partial charge on any atom is 0.269 e. The summed E-state index contributed by atoms with van der Waals surface area (Å²) in [6, 6.07) is 7.55. The van der Waals surface area contributed by atoms with Gasteiger partial charge in [0.15, 0.2) is 0 Å². The molecular weight excluding hydrogens is 240 g/mol. The van der Waals surface area contributed by atoms with Crippen molar-refractivity contribution in [2.24, 2.45) is 0 Å². The quantitative estimate of drug-likeness (QED) is 0.921. The van der Waals surface area contributed by atoms with Gasteiger partial charge in [-0.3, -0.25) is 4.79 Å². The van der Waals surface area contributed by atoms with E-state index in [1.54, 1.807) is 14.2 Å². The van der Waals surface area contributed by atoms with Crippen LogP contribution in [0.25, 0.3) is 10.9 Å². The van der Waals surface area contributed by atoms with Crippen LogP contribution in [-0.4, -0.2) is 25.0 Å². The molecule has 1 amide bonds. The molecule has 0 saturated carbocycles. The number of hydrogen-bond donors (Lipinski definition) is 1. The number of nitrogens with zero attached hydrogens (tertiary/aromatic N) is 1. The van der Waals surface area contributed by atoms with Crippen molar-refractivity contribution in [1.29, 1.82) is 0 Å². The molecule has 1 aromatic heterocycles. The molecule has 100 valence electrons. The van der Waals surface area contributed by atoms with E-state index in [-0.39, 0.29) is 5.91 Å². The molecule has 0 aliphatic rings. The third-order valence-corrected chi connectivity index (χ3v) is 3.13. The van der Waals surface area contributed by atoms with Crippen LogP contribution in [0.1, 0.15) is 35.8 Å². The van der Waals surface area contributed by atoms with Crippen LogP contribution in [-0.2, 0) is 0 Å². The molecule has 19 heavy (non-hydrogen) atoms. The summed E-state index contributed by atoms with van der Waals surface area (Å²) in [6.45, 7) is 4.20. The number of rotatable bonds is 3.